The molecule has 9 heteroatoms. The minimum atomic E-state index is -3.46. The summed E-state index contributed by atoms with van der Waals surface area (Å²) in [4.78, 5) is 11.2. The third-order valence-corrected chi connectivity index (χ3v) is 7.31. The Hall–Kier alpha value is -0.670. The minimum Gasteiger partial charge on any atom is -0.469 e. The maximum atomic E-state index is 12.2. The number of rotatable bonds is 6. The summed E-state index contributed by atoms with van der Waals surface area (Å²) < 4.78 is 53.3. The highest BCUT2D eigenvalue weighted by Gasteiger charge is 2.32. The van der Waals surface area contributed by atoms with Gasteiger partial charge in [0.15, 0.2) is 9.84 Å². The largest absolute Gasteiger partial charge is 0.469 e. The molecule has 1 rings (SSSR count). The lowest BCUT2D eigenvalue weighted by atomic mass is 10.0. The molecule has 0 aromatic heterocycles. The van der Waals surface area contributed by atoms with E-state index in [1.807, 2.05) is 0 Å². The van der Waals surface area contributed by atoms with Gasteiger partial charge in [-0.3, -0.25) is 4.79 Å². The predicted octanol–water partition coefficient (Wildman–Crippen LogP) is 0.0244. The summed E-state index contributed by atoms with van der Waals surface area (Å²) in [5.41, 5.74) is 0. The standard InChI is InChI=1S/C12H23NO6S2/c1-10(7-12(14)19-2)21(17,18)9-11-5-4-6-13(8-11)20(3,15)16/h10-11H,4-9H2,1-3H3. The van der Waals surface area contributed by atoms with Gasteiger partial charge in [0, 0.05) is 13.1 Å². The van der Waals surface area contributed by atoms with Crippen LogP contribution >= 0.6 is 0 Å². The molecule has 0 bridgehead atoms. The van der Waals surface area contributed by atoms with E-state index in [4.69, 9.17) is 0 Å². The zero-order chi connectivity index (χ0) is 16.3. The number of hydrogen-bond acceptors (Lipinski definition) is 6. The van der Waals surface area contributed by atoms with Crippen molar-refractivity contribution in [1.82, 2.24) is 4.31 Å². The quantitative estimate of drug-likeness (QED) is 0.632. The maximum Gasteiger partial charge on any atom is 0.306 e. The summed E-state index contributed by atoms with van der Waals surface area (Å²) in [6, 6.07) is 0. The highest BCUT2D eigenvalue weighted by Crippen LogP contribution is 2.22. The highest BCUT2D eigenvalue weighted by atomic mass is 32.2. The first-order chi connectivity index (χ1) is 9.56. The molecule has 1 saturated heterocycles. The van der Waals surface area contributed by atoms with Gasteiger partial charge in [-0.2, -0.15) is 0 Å². The minimum absolute atomic E-state index is 0.100. The summed E-state index contributed by atoms with van der Waals surface area (Å²) in [6.45, 7) is 2.14. The maximum absolute atomic E-state index is 12.2. The smallest absolute Gasteiger partial charge is 0.306 e. The average Bonchev–Trinajstić information content (AvgIpc) is 2.37. The monoisotopic (exact) mass is 341 g/mol. The van der Waals surface area contributed by atoms with Gasteiger partial charge in [-0.15, -0.1) is 0 Å². The molecule has 2 unspecified atom stereocenters. The second kappa shape index (κ2) is 7.06. The Bertz CT molecular complexity index is 569. The molecule has 7 nitrogen and oxygen atoms in total. The van der Waals surface area contributed by atoms with Crippen LogP contribution in [-0.4, -0.2) is 64.6 Å². The summed E-state index contributed by atoms with van der Waals surface area (Å²) in [7, 11) is -5.53. The molecule has 0 saturated carbocycles. The zero-order valence-electron chi connectivity index (χ0n) is 12.6. The number of piperidine rings is 1. The molecule has 21 heavy (non-hydrogen) atoms. The number of sulfone groups is 1. The van der Waals surface area contributed by atoms with Gasteiger partial charge in [0.2, 0.25) is 10.0 Å². The van der Waals surface area contributed by atoms with Crippen molar-refractivity contribution in [3.8, 4) is 0 Å². The number of esters is 1. The fraction of sp³-hybridized carbons (Fsp3) is 0.917. The molecule has 1 aliphatic heterocycles. The Morgan fingerprint density at radius 1 is 1.33 bits per heavy atom. The van der Waals surface area contributed by atoms with E-state index in [1.165, 1.54) is 18.3 Å². The Morgan fingerprint density at radius 3 is 2.48 bits per heavy atom. The highest BCUT2D eigenvalue weighted by molar-refractivity contribution is 7.92. The van der Waals surface area contributed by atoms with Crippen LogP contribution in [0.1, 0.15) is 26.2 Å². The molecule has 124 valence electrons. The number of carbonyl (C=O) groups is 1. The van der Waals surface area contributed by atoms with Crippen LogP contribution < -0.4 is 0 Å². The van der Waals surface area contributed by atoms with Crippen molar-refractivity contribution in [3.63, 3.8) is 0 Å². The van der Waals surface area contributed by atoms with E-state index in [0.29, 0.717) is 19.4 Å². The van der Waals surface area contributed by atoms with Gasteiger partial charge in [-0.05, 0) is 25.7 Å². The Kier molecular flexibility index (Phi) is 6.18. The lowest BCUT2D eigenvalue weighted by molar-refractivity contribution is -0.140. The lowest BCUT2D eigenvalue weighted by Crippen LogP contribution is -2.42. The van der Waals surface area contributed by atoms with Crippen molar-refractivity contribution < 1.29 is 26.4 Å². The molecule has 1 aliphatic rings. The SMILES string of the molecule is COC(=O)CC(C)S(=O)(=O)CC1CCCN(S(C)(=O)=O)C1. The third-order valence-electron chi connectivity index (χ3n) is 3.71. The second-order valence-corrected chi connectivity index (χ2v) is 10.00. The van der Waals surface area contributed by atoms with E-state index in [2.05, 4.69) is 4.74 Å². The van der Waals surface area contributed by atoms with Gasteiger partial charge in [0.25, 0.3) is 0 Å². The molecular formula is C12H23NO6S2. The molecule has 0 aromatic rings. The summed E-state index contributed by atoms with van der Waals surface area (Å²) in [5.74, 6) is -0.886. The second-order valence-electron chi connectivity index (χ2n) is 5.55. The molecule has 0 N–H and O–H groups in total. The number of carbonyl (C=O) groups excluding carboxylic acids is 1. The fourth-order valence-electron chi connectivity index (χ4n) is 2.40. The first-order valence-electron chi connectivity index (χ1n) is 6.79. The van der Waals surface area contributed by atoms with Crippen LogP contribution in [0.15, 0.2) is 0 Å². The number of nitrogens with zero attached hydrogens (tertiary/aromatic N) is 1. The van der Waals surface area contributed by atoms with Gasteiger partial charge < -0.3 is 4.74 Å². The van der Waals surface area contributed by atoms with Crippen LogP contribution in [0.3, 0.4) is 0 Å². The molecule has 0 spiro atoms. The van der Waals surface area contributed by atoms with Crippen LogP contribution in [0.5, 0.6) is 0 Å². The normalized spacial score (nSPS) is 22.7. The number of methoxy groups -OCH3 is 1. The topological polar surface area (TPSA) is 97.8 Å². The van der Waals surface area contributed by atoms with E-state index >= 15 is 0 Å². The molecule has 0 amide bonds. The van der Waals surface area contributed by atoms with Crippen molar-refractivity contribution >= 4 is 25.8 Å². The Morgan fingerprint density at radius 2 is 1.95 bits per heavy atom. The Balaban J connectivity index is 2.68. The van der Waals surface area contributed by atoms with Gasteiger partial charge in [0.05, 0.1) is 30.8 Å². The van der Waals surface area contributed by atoms with E-state index in [0.717, 1.165) is 6.26 Å². The molecule has 2 atom stereocenters. The van der Waals surface area contributed by atoms with Gasteiger partial charge in [-0.25, -0.2) is 21.1 Å². The van der Waals surface area contributed by atoms with Crippen LogP contribution in [0.25, 0.3) is 0 Å². The number of hydrogen-bond donors (Lipinski definition) is 0. The summed E-state index contributed by atoms with van der Waals surface area (Å²) in [5, 5.41) is -0.821. The van der Waals surface area contributed by atoms with E-state index in [1.54, 1.807) is 0 Å². The van der Waals surface area contributed by atoms with Gasteiger partial charge >= 0.3 is 5.97 Å². The lowest BCUT2D eigenvalue weighted by Gasteiger charge is -2.31. The Labute approximate surface area is 126 Å². The first-order valence-corrected chi connectivity index (χ1v) is 10.4. The summed E-state index contributed by atoms with van der Waals surface area (Å²) in [6.07, 6.45) is 2.28. The molecule has 1 fully saturated rings. The fourth-order valence-corrected chi connectivity index (χ4v) is 4.99. The van der Waals surface area contributed by atoms with Crippen molar-refractivity contribution in [1.29, 1.82) is 0 Å². The van der Waals surface area contributed by atoms with Crippen LogP contribution in [0.4, 0.5) is 0 Å². The number of sulfonamides is 1. The van der Waals surface area contributed by atoms with Crippen molar-refractivity contribution in [2.24, 2.45) is 5.92 Å². The van der Waals surface area contributed by atoms with Crippen LogP contribution in [0, 0.1) is 5.92 Å². The average molecular weight is 341 g/mol. The van der Waals surface area contributed by atoms with Gasteiger partial charge in [0.1, 0.15) is 0 Å². The van der Waals surface area contributed by atoms with Crippen LogP contribution in [-0.2, 0) is 29.4 Å². The van der Waals surface area contributed by atoms with E-state index in [9.17, 15) is 21.6 Å². The predicted molar refractivity (Wildman–Crippen MR) is 79.0 cm³/mol. The van der Waals surface area contributed by atoms with Crippen molar-refractivity contribution in [2.75, 3.05) is 32.2 Å². The van der Waals surface area contributed by atoms with Crippen LogP contribution in [0.2, 0.25) is 0 Å². The third kappa shape index (κ3) is 5.55. The molecule has 0 radical (unpaired) electrons. The van der Waals surface area contributed by atoms with Gasteiger partial charge in [-0.1, -0.05) is 0 Å². The van der Waals surface area contributed by atoms with Crippen molar-refractivity contribution in [2.45, 2.75) is 31.4 Å². The molecule has 0 aromatic carbocycles. The first kappa shape index (κ1) is 18.4. The number of ether oxygens (including phenoxy) is 1. The molecular weight excluding hydrogens is 318 g/mol. The zero-order valence-corrected chi connectivity index (χ0v) is 14.2. The molecule has 1 heterocycles. The summed E-state index contributed by atoms with van der Waals surface area (Å²) >= 11 is 0. The van der Waals surface area contributed by atoms with E-state index in [-0.39, 0.29) is 24.6 Å². The van der Waals surface area contributed by atoms with Crippen molar-refractivity contribution in [3.05, 3.63) is 0 Å². The van der Waals surface area contributed by atoms with E-state index < -0.39 is 31.1 Å². The molecule has 0 aliphatic carbocycles.